The number of aromatic nitrogens is 4. The lowest BCUT2D eigenvalue weighted by atomic mass is 9.96. The largest absolute Gasteiger partial charge is 0.338 e. The lowest BCUT2D eigenvalue weighted by Gasteiger charge is -2.32. The number of hydrogen-bond acceptors (Lipinski definition) is 6. The van der Waals surface area contributed by atoms with Crippen LogP contribution >= 0.6 is 11.8 Å². The van der Waals surface area contributed by atoms with Gasteiger partial charge in [0.2, 0.25) is 0 Å². The van der Waals surface area contributed by atoms with Crippen LogP contribution in [0, 0.1) is 11.3 Å². The van der Waals surface area contributed by atoms with E-state index in [0.717, 1.165) is 42.8 Å². The number of thioether (sulfide) groups is 1. The number of carbonyl (C=O) groups is 1. The number of fused-ring (bicyclic) bond motifs is 1. The zero-order valence-electron chi connectivity index (χ0n) is 16.8. The van der Waals surface area contributed by atoms with Crippen molar-refractivity contribution < 1.29 is 4.79 Å². The Bertz CT molecular complexity index is 1160. The Kier molecular flexibility index (Phi) is 4.91. The summed E-state index contributed by atoms with van der Waals surface area (Å²) in [7, 11) is 0. The maximum absolute atomic E-state index is 13.5. The zero-order chi connectivity index (χ0) is 20.7. The molecule has 1 saturated heterocycles. The van der Waals surface area contributed by atoms with Crippen molar-refractivity contribution in [1.82, 2.24) is 24.5 Å². The third-order valence-corrected chi connectivity index (χ3v) is 6.63. The van der Waals surface area contributed by atoms with Crippen molar-refractivity contribution in [1.29, 1.82) is 5.26 Å². The zero-order valence-corrected chi connectivity index (χ0v) is 17.6. The number of rotatable bonds is 4. The van der Waals surface area contributed by atoms with E-state index in [2.05, 4.69) is 21.3 Å². The fourth-order valence-electron chi connectivity index (χ4n) is 4.23. The van der Waals surface area contributed by atoms with Crippen molar-refractivity contribution in [3.8, 4) is 6.07 Å². The van der Waals surface area contributed by atoms with E-state index in [9.17, 15) is 10.1 Å². The molecule has 1 atom stereocenters. The molecule has 152 valence electrons. The van der Waals surface area contributed by atoms with E-state index in [4.69, 9.17) is 0 Å². The number of carbonyl (C=O) groups excluding carboxylic acids is 1. The molecule has 0 radical (unpaired) electrons. The lowest BCUT2D eigenvalue weighted by molar-refractivity contribution is 0.0703. The fraction of sp³-hybridized carbons (Fsp3) is 0.409. The molecule has 1 saturated carbocycles. The average molecular weight is 419 g/mol. The van der Waals surface area contributed by atoms with Gasteiger partial charge in [0, 0.05) is 36.8 Å². The van der Waals surface area contributed by atoms with Crippen LogP contribution in [0.5, 0.6) is 0 Å². The Labute approximate surface area is 179 Å². The molecular weight excluding hydrogens is 396 g/mol. The van der Waals surface area contributed by atoms with Gasteiger partial charge < -0.3 is 4.90 Å². The molecule has 0 bridgehead atoms. The van der Waals surface area contributed by atoms with E-state index in [0.29, 0.717) is 35.2 Å². The van der Waals surface area contributed by atoms with Gasteiger partial charge in [-0.1, -0.05) is 6.07 Å². The second kappa shape index (κ2) is 7.73. The number of nitriles is 1. The standard InChI is InChI=1S/C22H22N6OS/c1-30-21-17(12-23)16(11-18(24-21)14-7-8-14)22(29)27-9-4-5-15(13-27)20-26-25-19-6-2-3-10-28(19)20/h2-3,6,10-11,14-15H,4-5,7-9,13H2,1H3/t15-/m1/s1. The molecule has 5 rings (SSSR count). The van der Waals surface area contributed by atoms with Crippen LogP contribution in [0.15, 0.2) is 35.5 Å². The average Bonchev–Trinajstić information content (AvgIpc) is 3.56. The van der Waals surface area contributed by atoms with Gasteiger partial charge in [0.25, 0.3) is 5.91 Å². The number of likely N-dealkylation sites (tertiary alicyclic amines) is 1. The number of hydrogen-bond donors (Lipinski definition) is 0. The van der Waals surface area contributed by atoms with Gasteiger partial charge in [0.1, 0.15) is 16.9 Å². The first-order valence-corrected chi connectivity index (χ1v) is 11.5. The summed E-state index contributed by atoms with van der Waals surface area (Å²) in [5.74, 6) is 1.36. The second-order valence-corrected chi connectivity index (χ2v) is 8.74. The van der Waals surface area contributed by atoms with E-state index < -0.39 is 0 Å². The quantitative estimate of drug-likeness (QED) is 0.602. The first-order valence-electron chi connectivity index (χ1n) is 10.3. The minimum atomic E-state index is -0.0790. The summed E-state index contributed by atoms with van der Waals surface area (Å²) in [4.78, 5) is 20.0. The van der Waals surface area contributed by atoms with Gasteiger partial charge >= 0.3 is 0 Å². The van der Waals surface area contributed by atoms with Crippen LogP contribution in [-0.2, 0) is 0 Å². The van der Waals surface area contributed by atoms with Crippen LogP contribution in [0.1, 0.15) is 65.0 Å². The molecule has 0 unspecified atom stereocenters. The van der Waals surface area contributed by atoms with Gasteiger partial charge in [0.05, 0.1) is 11.1 Å². The third-order valence-electron chi connectivity index (χ3n) is 5.95. The minimum Gasteiger partial charge on any atom is -0.338 e. The van der Waals surface area contributed by atoms with E-state index in [1.54, 1.807) is 0 Å². The fourth-order valence-corrected chi connectivity index (χ4v) is 4.79. The topological polar surface area (TPSA) is 87.2 Å². The first-order chi connectivity index (χ1) is 14.7. The highest BCUT2D eigenvalue weighted by Gasteiger charge is 2.32. The molecule has 2 aliphatic rings. The molecule has 3 aromatic rings. The molecule has 2 fully saturated rings. The molecule has 0 aromatic carbocycles. The van der Waals surface area contributed by atoms with Gasteiger partial charge in [-0.2, -0.15) is 5.26 Å². The smallest absolute Gasteiger partial charge is 0.255 e. The Morgan fingerprint density at radius 1 is 1.23 bits per heavy atom. The molecule has 7 nitrogen and oxygen atoms in total. The van der Waals surface area contributed by atoms with Gasteiger partial charge in [-0.3, -0.25) is 9.20 Å². The Balaban J connectivity index is 1.46. The van der Waals surface area contributed by atoms with Crippen molar-refractivity contribution in [3.05, 3.63) is 53.1 Å². The van der Waals surface area contributed by atoms with Crippen LogP contribution in [0.4, 0.5) is 0 Å². The van der Waals surface area contributed by atoms with Gasteiger partial charge in [-0.15, -0.1) is 22.0 Å². The summed E-state index contributed by atoms with van der Waals surface area (Å²) in [6.45, 7) is 1.27. The minimum absolute atomic E-state index is 0.0790. The first kappa shape index (κ1) is 19.1. The SMILES string of the molecule is CSc1nc(C2CC2)cc(C(=O)N2CCC[C@@H](c3nnc4ccccn34)C2)c1C#N. The Morgan fingerprint density at radius 2 is 2.10 bits per heavy atom. The van der Waals surface area contributed by atoms with E-state index in [1.807, 2.05) is 46.0 Å². The van der Waals surface area contributed by atoms with Gasteiger partial charge in [-0.05, 0) is 50.1 Å². The Morgan fingerprint density at radius 3 is 2.87 bits per heavy atom. The van der Waals surface area contributed by atoms with Crippen molar-refractivity contribution in [2.45, 2.75) is 42.5 Å². The van der Waals surface area contributed by atoms with Crippen LogP contribution < -0.4 is 0 Å². The number of pyridine rings is 2. The summed E-state index contributed by atoms with van der Waals surface area (Å²) < 4.78 is 2.00. The van der Waals surface area contributed by atoms with E-state index in [1.165, 1.54) is 11.8 Å². The molecular formula is C22H22N6OS. The second-order valence-electron chi connectivity index (χ2n) is 7.94. The van der Waals surface area contributed by atoms with Crippen LogP contribution in [0.2, 0.25) is 0 Å². The predicted octanol–water partition coefficient (Wildman–Crippen LogP) is 3.62. The van der Waals surface area contributed by atoms with Crippen molar-refractivity contribution in [3.63, 3.8) is 0 Å². The highest BCUT2D eigenvalue weighted by molar-refractivity contribution is 7.98. The maximum atomic E-state index is 13.5. The number of amides is 1. The van der Waals surface area contributed by atoms with Crippen molar-refractivity contribution >= 4 is 23.3 Å². The summed E-state index contributed by atoms with van der Waals surface area (Å²) >= 11 is 1.43. The summed E-state index contributed by atoms with van der Waals surface area (Å²) in [5, 5.41) is 19.1. The third kappa shape index (κ3) is 3.33. The van der Waals surface area contributed by atoms with Crippen molar-refractivity contribution in [2.75, 3.05) is 19.3 Å². The summed E-state index contributed by atoms with van der Waals surface area (Å²) in [5.41, 5.74) is 2.65. The molecule has 0 spiro atoms. The molecule has 0 N–H and O–H groups in total. The highest BCUT2D eigenvalue weighted by atomic mass is 32.2. The predicted molar refractivity (Wildman–Crippen MR) is 114 cm³/mol. The molecule has 1 aliphatic heterocycles. The molecule has 30 heavy (non-hydrogen) atoms. The van der Waals surface area contributed by atoms with E-state index in [-0.39, 0.29) is 11.8 Å². The Hall–Kier alpha value is -2.92. The monoisotopic (exact) mass is 418 g/mol. The molecule has 8 heteroatoms. The summed E-state index contributed by atoms with van der Waals surface area (Å²) in [6.07, 6.45) is 7.94. The van der Waals surface area contributed by atoms with Gasteiger partial charge in [0.15, 0.2) is 5.65 Å². The summed E-state index contributed by atoms with van der Waals surface area (Å²) in [6, 6.07) is 9.92. The number of piperidine rings is 1. The van der Waals surface area contributed by atoms with E-state index >= 15 is 0 Å². The van der Waals surface area contributed by atoms with Gasteiger partial charge in [-0.25, -0.2) is 4.98 Å². The molecule has 1 amide bonds. The maximum Gasteiger partial charge on any atom is 0.255 e. The molecule has 3 aromatic heterocycles. The lowest BCUT2D eigenvalue weighted by Crippen LogP contribution is -2.40. The molecule has 1 aliphatic carbocycles. The highest BCUT2D eigenvalue weighted by Crippen LogP contribution is 2.41. The van der Waals surface area contributed by atoms with Crippen LogP contribution in [-0.4, -0.2) is 49.7 Å². The van der Waals surface area contributed by atoms with Crippen molar-refractivity contribution in [2.24, 2.45) is 0 Å². The van der Waals surface area contributed by atoms with Crippen LogP contribution in [0.3, 0.4) is 0 Å². The molecule has 4 heterocycles. The van der Waals surface area contributed by atoms with Crippen LogP contribution in [0.25, 0.3) is 5.65 Å². The number of nitrogens with zero attached hydrogens (tertiary/aromatic N) is 6. The normalized spacial score (nSPS) is 19.1.